The molecule has 3 aliphatic rings. The van der Waals surface area contributed by atoms with E-state index in [1.54, 1.807) is 100 Å². The number of hydrogen-bond donors (Lipinski definition) is 0. The molecule has 0 N–H and O–H groups in total. The number of hydrogen-bond acceptors (Lipinski definition) is 0. The summed E-state index contributed by atoms with van der Waals surface area (Å²) >= 11 is 0. The zero-order valence-corrected chi connectivity index (χ0v) is 72.8. The number of fused-ring (bicyclic) bond motifs is 1. The largest absolute Gasteiger partial charge is 0.0994 e. The van der Waals surface area contributed by atoms with Crippen LogP contribution in [0.4, 0.5) is 0 Å². The van der Waals surface area contributed by atoms with Crippen LogP contribution in [-0.4, -0.2) is 33.6 Å². The van der Waals surface area contributed by atoms with Crippen LogP contribution in [0.5, 0.6) is 0 Å². The second kappa shape index (κ2) is 26.7. The summed E-state index contributed by atoms with van der Waals surface area (Å²) < 4.78 is 0. The minimum Gasteiger partial charge on any atom is -0.0605 e. The molecule has 0 nitrogen and oxygen atoms in total. The summed E-state index contributed by atoms with van der Waals surface area (Å²) in [6, 6.07) is 35.0. The minimum absolute atomic E-state index is 0.360. The van der Waals surface area contributed by atoms with E-state index >= 15 is 0 Å². The van der Waals surface area contributed by atoms with Crippen molar-refractivity contribution in [1.82, 2.24) is 0 Å². The lowest BCUT2D eigenvalue weighted by atomic mass is 9.89. The fourth-order valence-electron chi connectivity index (χ4n) is 20.2. The van der Waals surface area contributed by atoms with Gasteiger partial charge in [-0.15, -0.1) is 0 Å². The lowest BCUT2D eigenvalue weighted by Gasteiger charge is -2.46. The summed E-state index contributed by atoms with van der Waals surface area (Å²) in [6.45, 7) is 88.2. The fraction of sp³-hybridized carbons (Fsp3) is 0.600. The first-order valence-electron chi connectivity index (χ1n) is 39.2. The van der Waals surface area contributed by atoms with Gasteiger partial charge in [-0.3, -0.25) is 0 Å². The zero-order valence-electron chi connectivity index (χ0n) is 67.8. The first-order valence-corrected chi connectivity index (χ1v) is 56.2. The Morgan fingerprint density at radius 2 is 0.253 bits per heavy atom. The molecule has 3 aliphatic heterocycles. The predicted octanol–water partition coefficient (Wildman–Crippen LogP) is 23.5. The van der Waals surface area contributed by atoms with Gasteiger partial charge in [0.05, 0.1) is 33.6 Å². The third kappa shape index (κ3) is 10.7. The first-order chi connectivity index (χ1) is 44.1. The summed E-state index contributed by atoms with van der Waals surface area (Å²) in [5, 5.41) is 12.2. The van der Waals surface area contributed by atoms with Crippen molar-refractivity contribution in [1.29, 1.82) is 0 Å². The molecular formula is C90H138Si5. The molecule has 3 heterocycles. The van der Waals surface area contributed by atoms with Crippen molar-refractivity contribution in [2.45, 2.75) is 356 Å². The molecule has 0 bridgehead atoms. The van der Waals surface area contributed by atoms with E-state index in [2.05, 4.69) is 332 Å². The molecule has 3 fully saturated rings. The lowest BCUT2D eigenvalue weighted by Crippen LogP contribution is -2.80. The van der Waals surface area contributed by atoms with Crippen LogP contribution in [0.15, 0.2) is 72.8 Å². The van der Waals surface area contributed by atoms with Crippen LogP contribution in [0.3, 0.4) is 0 Å². The average molecular weight is 1360 g/mol. The van der Waals surface area contributed by atoms with Gasteiger partial charge in [0.1, 0.15) is 0 Å². The van der Waals surface area contributed by atoms with Crippen molar-refractivity contribution in [2.24, 2.45) is 0 Å². The van der Waals surface area contributed by atoms with Crippen molar-refractivity contribution < 1.29 is 0 Å². The monoisotopic (exact) mass is 1360 g/mol. The van der Waals surface area contributed by atoms with Crippen LogP contribution in [-0.2, 0) is 0 Å². The van der Waals surface area contributed by atoms with Gasteiger partial charge in [-0.2, -0.15) is 0 Å². The van der Waals surface area contributed by atoms with E-state index in [-0.39, 0.29) is 0 Å². The molecule has 0 aromatic heterocycles. The molecule has 5 heteroatoms. The van der Waals surface area contributed by atoms with Crippen molar-refractivity contribution in [3.05, 3.63) is 173 Å². The SMILES string of the molecule is CC(C)c1cc(C(C)C)c([Si]2(c3c(C(C)C)cc(C(C)C)cc3C(C)C)[Si]3(c4c(C(C)C)cc(C(C)C)cc4C(C)C)[Si]4(c5c(C(C)C)cc(C(C)C)cc5C(C)C)[Si](c5c(C(C)C)cc(C(C)C)cc5C(C)C)(c5c(C(C)C)cc(C(C)C)cc5C(C)C)[Si]234)c(C(C)C)c1. The lowest BCUT2D eigenvalue weighted by molar-refractivity contribution is 0.809. The highest BCUT2D eigenvalue weighted by atomic mass is 31.1. The molecule has 0 amide bonds. The Kier molecular flexibility index (Phi) is 21.3. The molecule has 0 saturated carbocycles. The molecule has 0 aliphatic carbocycles. The molecule has 6 aromatic carbocycles. The highest BCUT2D eigenvalue weighted by Gasteiger charge is 3.36. The maximum absolute atomic E-state index is 3.20. The van der Waals surface area contributed by atoms with Gasteiger partial charge in [0.2, 0.25) is 0 Å². The summed E-state index contributed by atoms with van der Waals surface area (Å²) in [6.07, 6.45) is -2.97. The summed E-state index contributed by atoms with van der Waals surface area (Å²) in [5.74, 6) is 6.93. The Morgan fingerprint density at radius 1 is 0.147 bits per heavy atom. The van der Waals surface area contributed by atoms with Crippen LogP contribution in [0.1, 0.15) is 456 Å². The molecule has 9 rings (SSSR count). The van der Waals surface area contributed by atoms with Gasteiger partial charge in [-0.05, 0) is 207 Å². The summed E-state index contributed by atoms with van der Waals surface area (Å²) in [5.41, 5.74) is 30.6. The van der Waals surface area contributed by atoms with Crippen LogP contribution in [0.2, 0.25) is 0 Å². The molecule has 95 heavy (non-hydrogen) atoms. The van der Waals surface area contributed by atoms with Gasteiger partial charge in [-0.1, -0.05) is 353 Å². The van der Waals surface area contributed by atoms with Gasteiger partial charge < -0.3 is 0 Å². The van der Waals surface area contributed by atoms with Gasteiger partial charge >= 0.3 is 0 Å². The third-order valence-corrected chi connectivity index (χ3v) is 193. The van der Waals surface area contributed by atoms with Gasteiger partial charge in [0.25, 0.3) is 0 Å². The molecule has 2 atom stereocenters. The van der Waals surface area contributed by atoms with E-state index in [4.69, 9.17) is 0 Å². The maximum Gasteiger partial charge on any atom is 0.0994 e. The Labute approximate surface area is 589 Å². The second-order valence-corrected chi connectivity index (χ2v) is 100.0. The van der Waals surface area contributed by atoms with Crippen LogP contribution < -0.4 is 31.1 Å². The summed E-state index contributed by atoms with van der Waals surface area (Å²) in [7, 11) is -6.41. The Balaban J connectivity index is 1.92. The van der Waals surface area contributed by atoms with E-state index < -0.39 is 33.6 Å². The van der Waals surface area contributed by atoms with Crippen molar-refractivity contribution >= 4 is 64.7 Å². The van der Waals surface area contributed by atoms with Gasteiger partial charge in [-0.25, -0.2) is 0 Å². The highest BCUT2D eigenvalue weighted by Crippen LogP contribution is 2.93. The predicted molar refractivity (Wildman–Crippen MR) is 439 cm³/mol. The molecule has 1 spiro atoms. The smallest absolute Gasteiger partial charge is 0.0605 e. The normalized spacial score (nSPS) is 19.9. The van der Waals surface area contributed by atoms with Crippen LogP contribution >= 0.6 is 0 Å². The van der Waals surface area contributed by atoms with E-state index in [0.717, 1.165) is 0 Å². The number of rotatable bonds is 24. The van der Waals surface area contributed by atoms with E-state index in [0.29, 0.717) is 107 Å². The third-order valence-electron chi connectivity index (χ3n) is 24.8. The standard InChI is InChI=1S/C90H138Si5/c1-49(2)67-37-73(55(13)14)85(74(38-67)56(15)16)91(86-75(57(17)18)39-68(50(3)4)40-76(86)58(19)20)93(89-81(63(29)30)45-71(53(9)10)46-82(89)64(31)32)94(90-83(65(33)34)47-72(54(11)12)48-84(90)66(35)36)92(95(91,93)94,87-77(59(21)22)41-69(51(5)6)42-78(87)60(23)24)88-79(61(25)26)43-70(52(7)8)44-80(88)62(27)28/h37-66H,1-36H3. The number of benzene rings is 6. The van der Waals surface area contributed by atoms with Gasteiger partial charge in [0, 0.05) is 0 Å². The Hall–Kier alpha value is -3.60. The Morgan fingerprint density at radius 3 is 0.347 bits per heavy atom. The molecule has 3 saturated heterocycles. The molecule has 2 unspecified atom stereocenters. The zero-order chi connectivity index (χ0) is 71.2. The maximum atomic E-state index is 2.92. The molecular weight excluding hydrogens is 1220 g/mol. The van der Waals surface area contributed by atoms with E-state index in [1.807, 2.05) is 20.7 Å². The Bertz CT molecular complexity index is 3280. The minimum atomic E-state index is -3.20. The average Bonchev–Trinajstić information content (AvgIpc) is 1.28. The van der Waals surface area contributed by atoms with Crippen LogP contribution in [0.25, 0.3) is 0 Å². The molecule has 518 valence electrons. The topological polar surface area (TPSA) is 0 Å². The van der Waals surface area contributed by atoms with Crippen molar-refractivity contribution in [3.63, 3.8) is 0 Å². The molecule has 0 radical (unpaired) electrons. The molecule has 6 aromatic rings. The first kappa shape index (κ1) is 75.6. The van der Waals surface area contributed by atoms with Gasteiger partial charge in [0.15, 0.2) is 0 Å². The second-order valence-electron chi connectivity index (χ2n) is 37.0. The fourth-order valence-corrected chi connectivity index (χ4v) is 409. The van der Waals surface area contributed by atoms with Crippen LogP contribution in [0, 0.1) is 0 Å². The highest BCUT2D eigenvalue weighted by molar-refractivity contribution is 8.90. The van der Waals surface area contributed by atoms with Crippen molar-refractivity contribution in [2.75, 3.05) is 0 Å². The quantitative estimate of drug-likeness (QED) is 0.0530. The van der Waals surface area contributed by atoms with E-state index in [1.165, 1.54) is 0 Å². The van der Waals surface area contributed by atoms with E-state index in [9.17, 15) is 0 Å². The van der Waals surface area contributed by atoms with Crippen molar-refractivity contribution in [3.8, 4) is 0 Å². The summed E-state index contributed by atoms with van der Waals surface area (Å²) in [4.78, 5) is 0.